The van der Waals surface area contributed by atoms with Crippen LogP contribution in [-0.2, 0) is 25.5 Å². The van der Waals surface area contributed by atoms with Crippen LogP contribution < -0.4 is 0 Å². The van der Waals surface area contributed by atoms with E-state index in [0.29, 0.717) is 0 Å². The molecular weight excluding hydrogens is 797 g/mol. The number of pyridine rings is 2. The fraction of sp³-hybridized carbons (Fsp3) is 0.0833. The summed E-state index contributed by atoms with van der Waals surface area (Å²) in [6.45, 7) is 6.67. The molecule has 0 aliphatic carbocycles. The minimum atomic E-state index is 0. The zero-order valence-corrected chi connectivity index (χ0v) is 31.2. The Balaban J connectivity index is 0.000000157. The predicted molar refractivity (Wildman–Crippen MR) is 211 cm³/mol. The monoisotopic (exact) mass is 833 g/mol. The van der Waals surface area contributed by atoms with Gasteiger partial charge in [-0.15, -0.1) is 59.2 Å². The van der Waals surface area contributed by atoms with Crippen molar-refractivity contribution >= 4 is 43.1 Å². The van der Waals surface area contributed by atoms with Gasteiger partial charge in [-0.1, -0.05) is 146 Å². The van der Waals surface area contributed by atoms with E-state index in [9.17, 15) is 0 Å². The Kier molecular flexibility index (Phi) is 9.60. The van der Waals surface area contributed by atoms with Crippen molar-refractivity contribution < 1.29 is 20.1 Å². The van der Waals surface area contributed by atoms with Crippen molar-refractivity contribution in [1.29, 1.82) is 0 Å². The van der Waals surface area contributed by atoms with E-state index in [4.69, 9.17) is 0 Å². The van der Waals surface area contributed by atoms with Crippen LogP contribution in [0.5, 0.6) is 0 Å². The smallest absolute Gasteiger partial charge is 0.0163 e. The van der Waals surface area contributed by atoms with Crippen LogP contribution in [0.25, 0.3) is 76.7 Å². The van der Waals surface area contributed by atoms with E-state index >= 15 is 0 Å². The number of rotatable bonds is 3. The van der Waals surface area contributed by atoms with Gasteiger partial charge in [0.2, 0.25) is 0 Å². The second kappa shape index (κ2) is 14.4. The topological polar surface area (TPSA) is 25.8 Å². The van der Waals surface area contributed by atoms with Crippen LogP contribution in [0.3, 0.4) is 0 Å². The summed E-state index contributed by atoms with van der Waals surface area (Å²) in [5.74, 6) is 0. The first-order chi connectivity index (χ1) is 24.4. The summed E-state index contributed by atoms with van der Waals surface area (Å²) in [5.41, 5.74) is 7.81. The maximum atomic E-state index is 4.59. The van der Waals surface area contributed by atoms with E-state index in [0.717, 1.165) is 22.5 Å². The minimum Gasteiger partial charge on any atom is -0.305 e. The number of benzene rings is 7. The maximum Gasteiger partial charge on any atom is 0.0163 e. The summed E-state index contributed by atoms with van der Waals surface area (Å²) in [4.78, 5) is 9.06. The van der Waals surface area contributed by atoms with Crippen LogP contribution in [0, 0.1) is 12.1 Å². The molecule has 2 heterocycles. The van der Waals surface area contributed by atoms with Crippen molar-refractivity contribution in [3.63, 3.8) is 0 Å². The molecule has 0 N–H and O–H groups in total. The summed E-state index contributed by atoms with van der Waals surface area (Å²) < 4.78 is 0. The third-order valence-corrected chi connectivity index (χ3v) is 9.42. The van der Waals surface area contributed by atoms with E-state index in [1.54, 1.807) is 0 Å². The summed E-state index contributed by atoms with van der Waals surface area (Å²) in [6.07, 6.45) is 3.72. The molecule has 9 rings (SSSR count). The van der Waals surface area contributed by atoms with Gasteiger partial charge >= 0.3 is 0 Å². The Hall–Kier alpha value is -5.47. The molecule has 0 amide bonds. The summed E-state index contributed by atoms with van der Waals surface area (Å²) in [6, 6.07) is 59.8. The standard InChI is InChI=1S/C25H22N.C23H14N.Ir/c1-25(2,3)21-14-15-26-24(17-21)20-11-6-10-19(16-20)23-13-7-9-18-8-4-5-12-22(18)23;1-2-9-19-17(7-1)18-8-3-4-10-20(18)22-15-16(12-13-21(19)22)23-11-5-6-14-24-23;/h4-10,12-17H,1-3H3;1-11,13-15H;/q2*-1;. The fourth-order valence-corrected chi connectivity index (χ4v) is 6.82. The fourth-order valence-electron chi connectivity index (χ4n) is 6.82. The van der Waals surface area contributed by atoms with E-state index in [1.165, 1.54) is 59.8 Å². The van der Waals surface area contributed by atoms with Gasteiger partial charge in [-0.25, -0.2) is 0 Å². The van der Waals surface area contributed by atoms with Gasteiger partial charge < -0.3 is 9.97 Å². The van der Waals surface area contributed by atoms with Gasteiger partial charge in [0.15, 0.2) is 0 Å². The second-order valence-electron chi connectivity index (χ2n) is 13.7. The molecular formula is C48H36IrN2-2. The quantitative estimate of drug-likeness (QED) is 0.131. The van der Waals surface area contributed by atoms with Gasteiger partial charge in [-0.3, -0.25) is 0 Å². The Bertz CT molecular complexity index is 2600. The van der Waals surface area contributed by atoms with Gasteiger partial charge in [-0.05, 0) is 67.0 Å². The van der Waals surface area contributed by atoms with Crippen molar-refractivity contribution in [3.8, 4) is 33.6 Å². The van der Waals surface area contributed by atoms with E-state index < -0.39 is 0 Å². The van der Waals surface area contributed by atoms with Crippen LogP contribution in [0.15, 0.2) is 164 Å². The molecule has 249 valence electrons. The third kappa shape index (κ3) is 6.84. The molecule has 9 aromatic rings. The Labute approximate surface area is 313 Å². The van der Waals surface area contributed by atoms with Crippen LogP contribution in [0.4, 0.5) is 0 Å². The third-order valence-electron chi connectivity index (χ3n) is 9.42. The predicted octanol–water partition coefficient (Wildman–Crippen LogP) is 12.7. The van der Waals surface area contributed by atoms with Crippen molar-refractivity contribution in [2.75, 3.05) is 0 Å². The van der Waals surface area contributed by atoms with Gasteiger partial charge in [0.1, 0.15) is 0 Å². The van der Waals surface area contributed by atoms with Crippen molar-refractivity contribution in [2.45, 2.75) is 26.2 Å². The maximum absolute atomic E-state index is 4.59. The molecule has 0 aliphatic rings. The average Bonchev–Trinajstić information content (AvgIpc) is 3.18. The molecule has 7 aromatic carbocycles. The molecule has 0 atom stereocenters. The SMILES string of the molecule is CC(C)(C)c1ccnc(-c2[c-]ccc(-c3cccc4ccccc34)c2)c1.[Ir].[c-]1cc2c3ccccc3c3ccccc3c2cc1-c1ccccn1. The van der Waals surface area contributed by atoms with E-state index in [-0.39, 0.29) is 25.5 Å². The van der Waals surface area contributed by atoms with Crippen LogP contribution >= 0.6 is 0 Å². The summed E-state index contributed by atoms with van der Waals surface area (Å²) in [5, 5.41) is 10.1. The number of aromatic nitrogens is 2. The molecule has 0 aliphatic heterocycles. The normalized spacial score (nSPS) is 11.3. The molecule has 0 saturated heterocycles. The number of hydrogen-bond donors (Lipinski definition) is 0. The molecule has 1 radical (unpaired) electrons. The molecule has 2 aromatic heterocycles. The number of fused-ring (bicyclic) bond motifs is 7. The number of hydrogen-bond acceptors (Lipinski definition) is 2. The van der Waals surface area contributed by atoms with Gasteiger partial charge in [-0.2, -0.15) is 0 Å². The zero-order chi connectivity index (χ0) is 34.1. The first-order valence-electron chi connectivity index (χ1n) is 17.1. The second-order valence-corrected chi connectivity index (χ2v) is 13.7. The molecule has 0 fully saturated rings. The molecule has 2 nitrogen and oxygen atoms in total. The van der Waals surface area contributed by atoms with Crippen molar-refractivity contribution in [2.24, 2.45) is 0 Å². The Morgan fingerprint density at radius 3 is 1.78 bits per heavy atom. The average molecular weight is 833 g/mol. The largest absolute Gasteiger partial charge is 0.305 e. The molecule has 51 heavy (non-hydrogen) atoms. The van der Waals surface area contributed by atoms with Crippen LogP contribution in [0.2, 0.25) is 0 Å². The van der Waals surface area contributed by atoms with E-state index in [1.807, 2.05) is 36.7 Å². The molecule has 0 spiro atoms. The van der Waals surface area contributed by atoms with Gasteiger partial charge in [0, 0.05) is 32.5 Å². The molecule has 3 heteroatoms. The molecule has 0 unspecified atom stereocenters. The van der Waals surface area contributed by atoms with Gasteiger partial charge in [0.25, 0.3) is 0 Å². The van der Waals surface area contributed by atoms with Crippen molar-refractivity contribution in [3.05, 3.63) is 182 Å². The summed E-state index contributed by atoms with van der Waals surface area (Å²) >= 11 is 0. The molecule has 0 bridgehead atoms. The van der Waals surface area contributed by atoms with Crippen LogP contribution in [-0.4, -0.2) is 9.97 Å². The first-order valence-corrected chi connectivity index (χ1v) is 17.1. The summed E-state index contributed by atoms with van der Waals surface area (Å²) in [7, 11) is 0. The first kappa shape index (κ1) is 34.0. The van der Waals surface area contributed by atoms with Gasteiger partial charge in [0.05, 0.1) is 0 Å². The minimum absolute atomic E-state index is 0. The Morgan fingerprint density at radius 1 is 0.471 bits per heavy atom. The van der Waals surface area contributed by atoms with Crippen LogP contribution in [0.1, 0.15) is 26.3 Å². The Morgan fingerprint density at radius 2 is 1.08 bits per heavy atom. The number of nitrogens with zero attached hydrogens (tertiary/aromatic N) is 2. The van der Waals surface area contributed by atoms with E-state index in [2.05, 4.69) is 170 Å². The zero-order valence-electron chi connectivity index (χ0n) is 28.8. The van der Waals surface area contributed by atoms with Crippen molar-refractivity contribution in [1.82, 2.24) is 9.97 Å². The molecule has 0 saturated carbocycles.